The zero-order chi connectivity index (χ0) is 13.0. The van der Waals surface area contributed by atoms with Crippen LogP contribution in [-0.2, 0) is 13.0 Å². The number of aryl methyl sites for hydroxylation is 1. The SMILES string of the molecule is CCc1nc(NN)cc(NCc2ccc(Br)s2)n1. The Labute approximate surface area is 118 Å². The molecule has 0 radical (unpaired) electrons. The average Bonchev–Trinajstić information content (AvgIpc) is 2.81. The van der Waals surface area contributed by atoms with Crippen LogP contribution in [0.15, 0.2) is 22.0 Å². The minimum absolute atomic E-state index is 0.622. The third kappa shape index (κ3) is 3.41. The summed E-state index contributed by atoms with van der Waals surface area (Å²) in [5.74, 6) is 7.54. The van der Waals surface area contributed by atoms with Gasteiger partial charge in [0.25, 0.3) is 0 Å². The van der Waals surface area contributed by atoms with Crippen LogP contribution in [0.3, 0.4) is 0 Å². The van der Waals surface area contributed by atoms with E-state index in [0.29, 0.717) is 5.82 Å². The molecule has 0 aliphatic heterocycles. The number of hydrogen-bond donors (Lipinski definition) is 3. The predicted octanol–water partition coefficient (Wildman–Crippen LogP) is 2.76. The first-order chi connectivity index (χ1) is 8.71. The van der Waals surface area contributed by atoms with Crippen LogP contribution < -0.4 is 16.6 Å². The highest BCUT2D eigenvalue weighted by atomic mass is 79.9. The highest BCUT2D eigenvalue weighted by Crippen LogP contribution is 2.23. The Morgan fingerprint density at radius 3 is 2.72 bits per heavy atom. The van der Waals surface area contributed by atoms with Gasteiger partial charge in [0.1, 0.15) is 17.5 Å². The average molecular weight is 328 g/mol. The molecule has 96 valence electrons. The lowest BCUT2D eigenvalue weighted by Crippen LogP contribution is -2.12. The van der Waals surface area contributed by atoms with E-state index in [1.165, 1.54) is 4.88 Å². The molecule has 0 aromatic carbocycles. The Kier molecular flexibility index (Phi) is 4.51. The first-order valence-corrected chi connectivity index (χ1v) is 7.15. The summed E-state index contributed by atoms with van der Waals surface area (Å²) in [5.41, 5.74) is 2.55. The second-order valence-electron chi connectivity index (χ2n) is 3.61. The number of anilines is 2. The van der Waals surface area contributed by atoms with Gasteiger partial charge in [-0.15, -0.1) is 11.3 Å². The van der Waals surface area contributed by atoms with Gasteiger partial charge in [0.2, 0.25) is 0 Å². The molecule has 2 rings (SSSR count). The fourth-order valence-corrected chi connectivity index (χ4v) is 2.87. The van der Waals surface area contributed by atoms with E-state index in [2.05, 4.69) is 42.7 Å². The smallest absolute Gasteiger partial charge is 0.145 e. The number of halogens is 1. The van der Waals surface area contributed by atoms with Crippen molar-refractivity contribution in [2.24, 2.45) is 5.84 Å². The van der Waals surface area contributed by atoms with Gasteiger partial charge >= 0.3 is 0 Å². The molecule has 2 heterocycles. The van der Waals surface area contributed by atoms with Gasteiger partial charge in [-0.3, -0.25) is 0 Å². The standard InChI is InChI=1S/C11H14BrN5S/c1-2-9-15-10(5-11(16-9)17-13)14-6-7-3-4-8(12)18-7/h3-5H,2,6,13H2,1H3,(H2,14,15,16,17). The third-order valence-corrected chi connectivity index (χ3v) is 3.93. The van der Waals surface area contributed by atoms with Gasteiger partial charge in [-0.2, -0.15) is 0 Å². The van der Waals surface area contributed by atoms with Crippen LogP contribution in [0.1, 0.15) is 17.6 Å². The van der Waals surface area contributed by atoms with Crippen molar-refractivity contribution < 1.29 is 0 Å². The molecule has 0 saturated heterocycles. The lowest BCUT2D eigenvalue weighted by Gasteiger charge is -2.08. The second-order valence-corrected chi connectivity index (χ2v) is 6.16. The molecule has 18 heavy (non-hydrogen) atoms. The normalized spacial score (nSPS) is 10.4. The Morgan fingerprint density at radius 1 is 1.33 bits per heavy atom. The Bertz CT molecular complexity index is 506. The van der Waals surface area contributed by atoms with Crippen molar-refractivity contribution >= 4 is 38.9 Å². The Balaban J connectivity index is 2.08. The summed E-state index contributed by atoms with van der Waals surface area (Å²) in [6.45, 7) is 2.75. The van der Waals surface area contributed by atoms with Crippen molar-refractivity contribution in [1.82, 2.24) is 9.97 Å². The molecule has 7 heteroatoms. The molecule has 0 unspecified atom stereocenters. The minimum atomic E-state index is 0.622. The topological polar surface area (TPSA) is 75.9 Å². The molecule has 2 aromatic rings. The van der Waals surface area contributed by atoms with Crippen LogP contribution in [0.25, 0.3) is 0 Å². The third-order valence-electron chi connectivity index (χ3n) is 2.31. The number of nitrogens with zero attached hydrogens (tertiary/aromatic N) is 2. The number of nitrogens with two attached hydrogens (primary N) is 1. The van der Waals surface area contributed by atoms with Crippen LogP contribution in [0.5, 0.6) is 0 Å². The van der Waals surface area contributed by atoms with Gasteiger partial charge < -0.3 is 10.7 Å². The second kappa shape index (κ2) is 6.12. The van der Waals surface area contributed by atoms with Gasteiger partial charge in [-0.25, -0.2) is 15.8 Å². The summed E-state index contributed by atoms with van der Waals surface area (Å²) in [7, 11) is 0. The summed E-state index contributed by atoms with van der Waals surface area (Å²) >= 11 is 5.14. The van der Waals surface area contributed by atoms with Crippen LogP contribution in [0.2, 0.25) is 0 Å². The number of rotatable bonds is 5. The maximum absolute atomic E-state index is 5.38. The molecular weight excluding hydrogens is 314 g/mol. The zero-order valence-electron chi connectivity index (χ0n) is 9.90. The molecule has 0 aliphatic carbocycles. The maximum Gasteiger partial charge on any atom is 0.145 e. The van der Waals surface area contributed by atoms with E-state index in [9.17, 15) is 0 Å². The number of nitrogens with one attached hydrogen (secondary N) is 2. The maximum atomic E-state index is 5.38. The molecule has 2 aromatic heterocycles. The summed E-state index contributed by atoms with van der Waals surface area (Å²) < 4.78 is 1.13. The fourth-order valence-electron chi connectivity index (χ4n) is 1.44. The number of aromatic nitrogens is 2. The van der Waals surface area contributed by atoms with Crippen LogP contribution in [0.4, 0.5) is 11.6 Å². The van der Waals surface area contributed by atoms with Crippen molar-refractivity contribution in [3.63, 3.8) is 0 Å². The minimum Gasteiger partial charge on any atom is -0.365 e. The summed E-state index contributed by atoms with van der Waals surface area (Å²) in [6.07, 6.45) is 0.773. The molecule has 0 bridgehead atoms. The van der Waals surface area contributed by atoms with E-state index in [1.54, 1.807) is 17.4 Å². The number of nitrogen functional groups attached to an aromatic ring is 1. The summed E-state index contributed by atoms with van der Waals surface area (Å²) in [5, 5.41) is 3.27. The van der Waals surface area contributed by atoms with Crippen molar-refractivity contribution in [3.8, 4) is 0 Å². The van der Waals surface area contributed by atoms with Gasteiger partial charge in [-0.1, -0.05) is 6.92 Å². The monoisotopic (exact) mass is 327 g/mol. The number of thiophene rings is 1. The highest BCUT2D eigenvalue weighted by molar-refractivity contribution is 9.11. The Morgan fingerprint density at radius 2 is 2.11 bits per heavy atom. The quantitative estimate of drug-likeness (QED) is 0.581. The molecular formula is C11H14BrN5S. The van der Waals surface area contributed by atoms with Crippen molar-refractivity contribution in [2.45, 2.75) is 19.9 Å². The Hall–Kier alpha value is -1.18. The fraction of sp³-hybridized carbons (Fsp3) is 0.273. The van der Waals surface area contributed by atoms with Gasteiger partial charge in [0.05, 0.1) is 10.3 Å². The van der Waals surface area contributed by atoms with Crippen molar-refractivity contribution in [2.75, 3.05) is 10.7 Å². The molecule has 0 saturated carbocycles. The molecule has 4 N–H and O–H groups in total. The lowest BCUT2D eigenvalue weighted by atomic mass is 10.4. The van der Waals surface area contributed by atoms with E-state index in [4.69, 9.17) is 5.84 Å². The zero-order valence-corrected chi connectivity index (χ0v) is 12.3. The molecule has 0 aliphatic rings. The van der Waals surface area contributed by atoms with Gasteiger partial charge in [-0.05, 0) is 28.1 Å². The van der Waals surface area contributed by atoms with Crippen molar-refractivity contribution in [1.29, 1.82) is 0 Å². The van der Waals surface area contributed by atoms with Gasteiger partial charge in [0.15, 0.2) is 0 Å². The van der Waals surface area contributed by atoms with Crippen LogP contribution in [-0.4, -0.2) is 9.97 Å². The molecule has 0 fully saturated rings. The van der Waals surface area contributed by atoms with Gasteiger partial charge in [0, 0.05) is 17.4 Å². The van der Waals surface area contributed by atoms with E-state index >= 15 is 0 Å². The van der Waals surface area contributed by atoms with E-state index in [0.717, 1.165) is 28.4 Å². The lowest BCUT2D eigenvalue weighted by molar-refractivity contribution is 0.932. The van der Waals surface area contributed by atoms with Crippen molar-refractivity contribution in [3.05, 3.63) is 32.7 Å². The number of hydrazine groups is 1. The van der Waals surface area contributed by atoms with E-state index in [1.807, 2.05) is 13.0 Å². The predicted molar refractivity (Wildman–Crippen MR) is 78.6 cm³/mol. The summed E-state index contributed by atoms with van der Waals surface area (Å²) in [6, 6.07) is 5.90. The summed E-state index contributed by atoms with van der Waals surface area (Å²) in [4.78, 5) is 9.87. The largest absolute Gasteiger partial charge is 0.365 e. The van der Waals surface area contributed by atoms with Crippen LogP contribution in [0, 0.1) is 0 Å². The number of hydrogen-bond acceptors (Lipinski definition) is 6. The van der Waals surface area contributed by atoms with Crippen LogP contribution >= 0.6 is 27.3 Å². The first-order valence-electron chi connectivity index (χ1n) is 5.54. The van der Waals surface area contributed by atoms with E-state index in [-0.39, 0.29) is 0 Å². The first kappa shape index (κ1) is 13.3. The highest BCUT2D eigenvalue weighted by Gasteiger charge is 2.03. The van der Waals surface area contributed by atoms with E-state index < -0.39 is 0 Å². The molecule has 0 amide bonds. The molecule has 5 nitrogen and oxygen atoms in total. The molecule has 0 spiro atoms. The molecule has 0 atom stereocenters.